The lowest BCUT2D eigenvalue weighted by Gasteiger charge is -2.34. The fraction of sp³-hybridized carbons (Fsp3) is 0.520. The van der Waals surface area contributed by atoms with E-state index in [0.717, 1.165) is 46.9 Å². The highest BCUT2D eigenvalue weighted by Gasteiger charge is 2.30. The molecule has 1 fully saturated rings. The van der Waals surface area contributed by atoms with Crippen molar-refractivity contribution in [2.45, 2.75) is 45.4 Å². The Morgan fingerprint density at radius 3 is 2.75 bits per heavy atom. The van der Waals surface area contributed by atoms with Gasteiger partial charge in [0, 0.05) is 51.6 Å². The normalized spacial score (nSPS) is 19.0. The van der Waals surface area contributed by atoms with Gasteiger partial charge in [0.25, 0.3) is 0 Å². The molecule has 0 aliphatic carbocycles. The van der Waals surface area contributed by atoms with Crippen molar-refractivity contribution in [3.05, 3.63) is 30.2 Å². The molecule has 0 amide bonds. The van der Waals surface area contributed by atoms with E-state index >= 15 is 0 Å². The number of nitrogens with one attached hydrogen (secondary N) is 2. The average Bonchev–Trinajstić information content (AvgIpc) is 3.43. The summed E-state index contributed by atoms with van der Waals surface area (Å²) in [6.45, 7) is 8.77. The van der Waals surface area contributed by atoms with E-state index in [-0.39, 0.29) is 12.1 Å². The lowest BCUT2D eigenvalue weighted by atomic mass is 10.0. The summed E-state index contributed by atoms with van der Waals surface area (Å²) in [5, 5.41) is 11.1. The number of hydrogen-bond donors (Lipinski definition) is 2. The molecule has 5 heterocycles. The van der Waals surface area contributed by atoms with Crippen LogP contribution in [0.3, 0.4) is 0 Å². The van der Waals surface area contributed by atoms with Gasteiger partial charge in [0.05, 0.1) is 18.3 Å². The summed E-state index contributed by atoms with van der Waals surface area (Å²) in [6.07, 6.45) is 1.54. The summed E-state index contributed by atoms with van der Waals surface area (Å²) in [4.78, 5) is 16.4. The van der Waals surface area contributed by atoms with Crippen molar-refractivity contribution in [3.8, 4) is 11.3 Å². The second kappa shape index (κ2) is 9.98. The second-order valence-electron chi connectivity index (χ2n) is 9.57. The molecule has 0 radical (unpaired) electrons. The predicted molar refractivity (Wildman–Crippen MR) is 139 cm³/mol. The molecule has 0 saturated carbocycles. The Labute approximate surface area is 209 Å². The first kappa shape index (κ1) is 24.4. The average molecular weight is 496 g/mol. The highest BCUT2D eigenvalue weighted by Crippen LogP contribution is 2.31. The Balaban J connectivity index is 1.44. The van der Waals surface area contributed by atoms with E-state index in [2.05, 4.69) is 49.0 Å². The van der Waals surface area contributed by atoms with Gasteiger partial charge in [0.1, 0.15) is 23.0 Å². The molecule has 0 spiro atoms. The lowest BCUT2D eigenvalue weighted by Crippen LogP contribution is -2.48. The summed E-state index contributed by atoms with van der Waals surface area (Å²) in [5.74, 6) is 1.98. The molecule has 1 aliphatic rings. The van der Waals surface area contributed by atoms with Crippen LogP contribution in [0.2, 0.25) is 0 Å². The molecule has 1 aliphatic heterocycles. The number of imidazole rings is 1. The van der Waals surface area contributed by atoms with Gasteiger partial charge in [-0.15, -0.1) is 5.10 Å². The van der Waals surface area contributed by atoms with E-state index in [1.165, 1.54) is 0 Å². The van der Waals surface area contributed by atoms with Crippen LogP contribution in [0.4, 0.5) is 16.2 Å². The molecular formula is C25H34FN9O. The summed E-state index contributed by atoms with van der Waals surface area (Å²) in [5.41, 5.74) is 4.28. The number of nitrogens with zero attached hydrogens (tertiary/aromatic N) is 7. The number of pyridine rings is 1. The summed E-state index contributed by atoms with van der Waals surface area (Å²) >= 11 is 0. The van der Waals surface area contributed by atoms with Crippen LogP contribution in [0.15, 0.2) is 24.4 Å². The van der Waals surface area contributed by atoms with Crippen LogP contribution in [0.5, 0.6) is 0 Å². The van der Waals surface area contributed by atoms with Crippen molar-refractivity contribution >= 4 is 28.4 Å². The van der Waals surface area contributed by atoms with Gasteiger partial charge in [-0.2, -0.15) is 4.98 Å². The molecule has 36 heavy (non-hydrogen) atoms. The SMILES string of the molecule is CNc1nc(N[C@H]2CCN(CCOC)C[C@@H]2F)nn2ccc(-c3ccc4nc(C)n(C(C)C)c4n3)c12. The van der Waals surface area contributed by atoms with Crippen molar-refractivity contribution in [1.82, 2.24) is 34.0 Å². The number of aromatic nitrogens is 6. The molecule has 2 N–H and O–H groups in total. The maximum atomic E-state index is 14.9. The molecule has 10 nitrogen and oxygen atoms in total. The van der Waals surface area contributed by atoms with Crippen molar-refractivity contribution in [1.29, 1.82) is 0 Å². The number of ether oxygens (including phenoxy) is 1. The van der Waals surface area contributed by atoms with E-state index in [9.17, 15) is 4.39 Å². The monoisotopic (exact) mass is 495 g/mol. The first-order valence-electron chi connectivity index (χ1n) is 12.4. The number of piperidine rings is 1. The van der Waals surface area contributed by atoms with Crippen molar-refractivity contribution in [3.63, 3.8) is 0 Å². The fourth-order valence-electron chi connectivity index (χ4n) is 5.04. The molecule has 4 aromatic rings. The van der Waals surface area contributed by atoms with Gasteiger partial charge in [0.2, 0.25) is 5.95 Å². The number of fused-ring (bicyclic) bond motifs is 2. The number of aryl methyl sites for hydroxylation is 1. The van der Waals surface area contributed by atoms with Crippen LogP contribution in [-0.2, 0) is 4.74 Å². The number of likely N-dealkylation sites (tertiary alicyclic amines) is 1. The van der Waals surface area contributed by atoms with Crippen LogP contribution in [-0.4, -0.2) is 86.6 Å². The second-order valence-corrected chi connectivity index (χ2v) is 9.57. The van der Waals surface area contributed by atoms with E-state index < -0.39 is 6.17 Å². The molecule has 0 aromatic carbocycles. The van der Waals surface area contributed by atoms with Crippen LogP contribution in [0.1, 0.15) is 32.1 Å². The zero-order valence-corrected chi connectivity index (χ0v) is 21.5. The van der Waals surface area contributed by atoms with E-state index in [1.807, 2.05) is 38.4 Å². The topological polar surface area (TPSA) is 97.4 Å². The van der Waals surface area contributed by atoms with Gasteiger partial charge < -0.3 is 19.9 Å². The van der Waals surface area contributed by atoms with Crippen molar-refractivity contribution < 1.29 is 9.13 Å². The first-order chi connectivity index (χ1) is 17.4. The minimum atomic E-state index is -1.02. The molecule has 0 unspecified atom stereocenters. The Bertz CT molecular complexity index is 1360. The summed E-state index contributed by atoms with van der Waals surface area (Å²) in [6, 6.07) is 5.87. The third-order valence-electron chi connectivity index (χ3n) is 6.81. The van der Waals surface area contributed by atoms with Gasteiger partial charge in [0.15, 0.2) is 11.5 Å². The van der Waals surface area contributed by atoms with Gasteiger partial charge >= 0.3 is 0 Å². The molecule has 1 saturated heterocycles. The molecule has 192 valence electrons. The Morgan fingerprint density at radius 1 is 1.19 bits per heavy atom. The minimum absolute atomic E-state index is 0.250. The van der Waals surface area contributed by atoms with Crippen LogP contribution < -0.4 is 10.6 Å². The first-order valence-corrected chi connectivity index (χ1v) is 12.4. The maximum Gasteiger partial charge on any atom is 0.243 e. The van der Waals surface area contributed by atoms with Gasteiger partial charge in [-0.3, -0.25) is 4.90 Å². The standard InChI is InChI=1S/C25H34FN9O/c1-15(2)35-16(3)28-21-7-6-19(29-24(21)35)17-8-11-34-22(17)23(27-4)31-25(32-34)30-20-9-10-33(12-13-36-5)14-18(20)26/h6-8,11,15,18,20H,9-10,12-14H2,1-5H3,(H2,27,30,31,32)/t18-,20-/m0/s1. The zero-order chi connectivity index (χ0) is 25.4. The molecule has 5 rings (SSSR count). The molecule has 4 aromatic heterocycles. The zero-order valence-electron chi connectivity index (χ0n) is 21.5. The van der Waals surface area contributed by atoms with Crippen LogP contribution in [0, 0.1) is 6.92 Å². The molecule has 11 heteroatoms. The number of methoxy groups -OCH3 is 1. The maximum absolute atomic E-state index is 14.9. The Kier molecular flexibility index (Phi) is 6.76. The quantitative estimate of drug-likeness (QED) is 0.383. The number of alkyl halides is 1. The van der Waals surface area contributed by atoms with E-state index in [1.54, 1.807) is 11.6 Å². The van der Waals surface area contributed by atoms with Crippen LogP contribution in [0.25, 0.3) is 27.9 Å². The Morgan fingerprint density at radius 2 is 2.03 bits per heavy atom. The van der Waals surface area contributed by atoms with Gasteiger partial charge in [-0.1, -0.05) is 0 Å². The lowest BCUT2D eigenvalue weighted by molar-refractivity contribution is 0.0918. The minimum Gasteiger partial charge on any atom is -0.383 e. The summed E-state index contributed by atoms with van der Waals surface area (Å²) in [7, 11) is 3.49. The predicted octanol–water partition coefficient (Wildman–Crippen LogP) is 3.54. The molecular weight excluding hydrogens is 461 g/mol. The van der Waals surface area contributed by atoms with E-state index in [0.29, 0.717) is 31.3 Å². The fourth-order valence-corrected chi connectivity index (χ4v) is 5.04. The Hall–Kier alpha value is -3.31. The molecule has 2 atom stereocenters. The largest absolute Gasteiger partial charge is 0.383 e. The number of hydrogen-bond acceptors (Lipinski definition) is 8. The van der Waals surface area contributed by atoms with Crippen molar-refractivity contribution in [2.75, 3.05) is 51.0 Å². The highest BCUT2D eigenvalue weighted by atomic mass is 19.1. The van der Waals surface area contributed by atoms with E-state index in [4.69, 9.17) is 9.72 Å². The van der Waals surface area contributed by atoms with Crippen LogP contribution >= 0.6 is 0 Å². The number of anilines is 2. The summed E-state index contributed by atoms with van der Waals surface area (Å²) < 4.78 is 23.9. The third-order valence-corrected chi connectivity index (χ3v) is 6.81. The number of halogens is 1. The highest BCUT2D eigenvalue weighted by molar-refractivity contribution is 5.89. The van der Waals surface area contributed by atoms with Gasteiger partial charge in [-0.05, 0) is 45.4 Å². The smallest absolute Gasteiger partial charge is 0.243 e. The molecule has 0 bridgehead atoms. The number of rotatable bonds is 8. The van der Waals surface area contributed by atoms with Gasteiger partial charge in [-0.25, -0.2) is 18.9 Å². The van der Waals surface area contributed by atoms with Crippen molar-refractivity contribution in [2.24, 2.45) is 0 Å². The third kappa shape index (κ3) is 4.48.